The van der Waals surface area contributed by atoms with Crippen LogP contribution in [0.3, 0.4) is 0 Å². The minimum Gasteiger partial charge on any atom is -0.354 e. The first-order valence-corrected chi connectivity index (χ1v) is 9.87. The zero-order valence-corrected chi connectivity index (χ0v) is 17.5. The number of fused-ring (bicyclic) bond motifs is 1. The minimum absolute atomic E-state index is 0.0784. The van der Waals surface area contributed by atoms with Crippen LogP contribution in [0.1, 0.15) is 29.8 Å². The second-order valence-electron chi connectivity index (χ2n) is 7.48. The van der Waals surface area contributed by atoms with Crippen molar-refractivity contribution in [2.75, 3.05) is 20.6 Å². The van der Waals surface area contributed by atoms with E-state index in [2.05, 4.69) is 46.5 Å². The molecule has 1 aromatic heterocycles. The van der Waals surface area contributed by atoms with E-state index in [1.807, 2.05) is 32.3 Å². The molecule has 0 saturated heterocycles. The molecule has 3 aromatic rings. The van der Waals surface area contributed by atoms with Crippen LogP contribution in [0.25, 0.3) is 10.8 Å². The van der Waals surface area contributed by atoms with Crippen LogP contribution in [-0.2, 0) is 24.7 Å². The van der Waals surface area contributed by atoms with Crippen LogP contribution < -0.4 is 10.9 Å². The Bertz CT molecular complexity index is 1050. The fourth-order valence-corrected chi connectivity index (χ4v) is 3.51. The summed E-state index contributed by atoms with van der Waals surface area (Å²) in [6.07, 6.45) is 1.13. The van der Waals surface area contributed by atoms with Crippen molar-refractivity contribution in [3.05, 3.63) is 75.7 Å². The van der Waals surface area contributed by atoms with Crippen molar-refractivity contribution in [2.45, 2.75) is 25.8 Å². The number of nitrogens with one attached hydrogen (secondary N) is 1. The Balaban J connectivity index is 1.74. The first-order valence-electron chi connectivity index (χ1n) is 9.87. The summed E-state index contributed by atoms with van der Waals surface area (Å²) in [6.45, 7) is 2.64. The summed E-state index contributed by atoms with van der Waals surface area (Å²) in [5.41, 5.74) is 2.91. The predicted octanol–water partition coefficient (Wildman–Crippen LogP) is 2.46. The van der Waals surface area contributed by atoms with E-state index < -0.39 is 0 Å². The monoisotopic (exact) mass is 392 g/mol. The van der Waals surface area contributed by atoms with Crippen LogP contribution >= 0.6 is 0 Å². The molecule has 1 N–H and O–H groups in total. The van der Waals surface area contributed by atoms with Crippen molar-refractivity contribution in [3.63, 3.8) is 0 Å². The van der Waals surface area contributed by atoms with E-state index in [0.717, 1.165) is 17.4 Å². The van der Waals surface area contributed by atoms with E-state index in [4.69, 9.17) is 0 Å². The molecule has 6 nitrogen and oxygen atoms in total. The number of hydrogen-bond acceptors (Lipinski definition) is 4. The number of hydrogen-bond donors (Lipinski definition) is 1. The number of amides is 1. The fourth-order valence-electron chi connectivity index (χ4n) is 3.51. The van der Waals surface area contributed by atoms with Crippen LogP contribution in [0, 0.1) is 0 Å². The molecular weight excluding hydrogens is 364 g/mol. The molecule has 152 valence electrons. The SMILES string of the molecule is CCc1ccc([C@@H](CNC(=O)Cc2nn(C)c(=O)c3ccccc23)N(C)C)cc1. The minimum atomic E-state index is -0.159. The van der Waals surface area contributed by atoms with Gasteiger partial charge in [0.1, 0.15) is 0 Å². The zero-order chi connectivity index (χ0) is 21.0. The lowest BCUT2D eigenvalue weighted by atomic mass is 10.0. The van der Waals surface area contributed by atoms with Crippen molar-refractivity contribution >= 4 is 16.7 Å². The van der Waals surface area contributed by atoms with E-state index >= 15 is 0 Å². The molecule has 0 unspecified atom stereocenters. The summed E-state index contributed by atoms with van der Waals surface area (Å²) >= 11 is 0. The topological polar surface area (TPSA) is 67.2 Å². The van der Waals surface area contributed by atoms with Crippen molar-refractivity contribution in [1.29, 1.82) is 0 Å². The van der Waals surface area contributed by atoms with Crippen molar-refractivity contribution in [1.82, 2.24) is 20.0 Å². The Hall–Kier alpha value is -2.99. The number of carbonyl (C=O) groups excluding carboxylic acids is 1. The predicted molar refractivity (Wildman–Crippen MR) is 116 cm³/mol. The molecule has 0 fully saturated rings. The van der Waals surface area contributed by atoms with Gasteiger partial charge in [-0.1, -0.05) is 49.4 Å². The normalized spacial score (nSPS) is 12.3. The van der Waals surface area contributed by atoms with E-state index in [1.54, 1.807) is 13.1 Å². The molecule has 0 spiro atoms. The number of benzene rings is 2. The highest BCUT2D eigenvalue weighted by molar-refractivity contribution is 5.88. The molecule has 0 saturated carbocycles. The largest absolute Gasteiger partial charge is 0.354 e. The molecule has 0 aliphatic heterocycles. The molecule has 3 rings (SSSR count). The first kappa shape index (κ1) is 20.7. The molecule has 0 aliphatic carbocycles. The van der Waals surface area contributed by atoms with E-state index in [1.165, 1.54) is 10.2 Å². The lowest BCUT2D eigenvalue weighted by Gasteiger charge is -2.25. The van der Waals surface area contributed by atoms with E-state index in [0.29, 0.717) is 17.6 Å². The highest BCUT2D eigenvalue weighted by Crippen LogP contribution is 2.19. The Labute approximate surface area is 171 Å². The van der Waals surface area contributed by atoms with Crippen molar-refractivity contribution in [2.24, 2.45) is 7.05 Å². The Kier molecular flexibility index (Phi) is 6.44. The standard InChI is InChI=1S/C23H28N4O2/c1-5-16-10-12-17(13-11-16)21(26(2)3)15-24-22(28)14-20-18-8-6-7-9-19(18)23(29)27(4)25-20/h6-13,21H,5,14-15H2,1-4H3,(H,24,28)/t21-/m1/s1. The molecule has 0 aliphatic rings. The number of aromatic nitrogens is 2. The maximum Gasteiger partial charge on any atom is 0.274 e. The van der Waals surface area contributed by atoms with Gasteiger partial charge in [-0.05, 0) is 37.7 Å². The molecule has 1 amide bonds. The third-order valence-corrected chi connectivity index (χ3v) is 5.25. The highest BCUT2D eigenvalue weighted by atomic mass is 16.1. The molecule has 0 bridgehead atoms. The molecule has 1 heterocycles. The summed E-state index contributed by atoms with van der Waals surface area (Å²) in [4.78, 5) is 27.0. The Morgan fingerprint density at radius 1 is 1.10 bits per heavy atom. The van der Waals surface area contributed by atoms with Gasteiger partial charge in [0, 0.05) is 19.0 Å². The average Bonchev–Trinajstić information content (AvgIpc) is 2.72. The van der Waals surface area contributed by atoms with Gasteiger partial charge in [-0.3, -0.25) is 9.59 Å². The quantitative estimate of drug-likeness (QED) is 0.671. The van der Waals surface area contributed by atoms with Gasteiger partial charge in [0.2, 0.25) is 5.91 Å². The van der Waals surface area contributed by atoms with Gasteiger partial charge >= 0.3 is 0 Å². The van der Waals surface area contributed by atoms with E-state index in [9.17, 15) is 9.59 Å². The van der Waals surface area contributed by atoms with Gasteiger partial charge in [-0.2, -0.15) is 5.10 Å². The molecule has 1 atom stereocenters. The third kappa shape index (κ3) is 4.71. The Morgan fingerprint density at radius 3 is 2.38 bits per heavy atom. The lowest BCUT2D eigenvalue weighted by Crippen LogP contribution is -2.35. The summed E-state index contributed by atoms with van der Waals surface area (Å²) in [6, 6.07) is 15.9. The van der Waals surface area contributed by atoms with Crippen molar-refractivity contribution < 1.29 is 4.79 Å². The van der Waals surface area contributed by atoms with Gasteiger partial charge in [0.25, 0.3) is 5.56 Å². The summed E-state index contributed by atoms with van der Waals surface area (Å²) < 4.78 is 1.29. The van der Waals surface area contributed by atoms with Gasteiger partial charge in [-0.25, -0.2) is 4.68 Å². The highest BCUT2D eigenvalue weighted by Gasteiger charge is 2.17. The first-order chi connectivity index (χ1) is 13.9. The fraction of sp³-hybridized carbons (Fsp3) is 0.348. The molecular formula is C23H28N4O2. The number of rotatable bonds is 7. The second kappa shape index (κ2) is 9.01. The van der Waals surface area contributed by atoms with E-state index in [-0.39, 0.29) is 23.9 Å². The number of nitrogens with zero attached hydrogens (tertiary/aromatic N) is 3. The van der Waals surface area contributed by atoms with Crippen molar-refractivity contribution in [3.8, 4) is 0 Å². The van der Waals surface area contributed by atoms with Crippen LogP contribution in [0.5, 0.6) is 0 Å². The van der Waals surface area contributed by atoms with Crippen LogP contribution in [-0.4, -0.2) is 41.2 Å². The van der Waals surface area contributed by atoms with Gasteiger partial charge in [-0.15, -0.1) is 0 Å². The lowest BCUT2D eigenvalue weighted by molar-refractivity contribution is -0.120. The number of likely N-dealkylation sites (N-methyl/N-ethyl adjacent to an activating group) is 1. The smallest absolute Gasteiger partial charge is 0.274 e. The Morgan fingerprint density at radius 2 is 1.76 bits per heavy atom. The average molecular weight is 393 g/mol. The van der Waals surface area contributed by atoms with Crippen LogP contribution in [0.4, 0.5) is 0 Å². The van der Waals surface area contributed by atoms with Crippen LogP contribution in [0.15, 0.2) is 53.3 Å². The maximum absolute atomic E-state index is 12.7. The third-order valence-electron chi connectivity index (χ3n) is 5.25. The van der Waals surface area contributed by atoms with Gasteiger partial charge < -0.3 is 10.2 Å². The molecule has 0 radical (unpaired) electrons. The van der Waals surface area contributed by atoms with Crippen LogP contribution in [0.2, 0.25) is 0 Å². The summed E-state index contributed by atoms with van der Waals surface area (Å²) in [5, 5.41) is 8.65. The molecule has 6 heteroatoms. The summed E-state index contributed by atoms with van der Waals surface area (Å²) in [5.74, 6) is -0.113. The van der Waals surface area contributed by atoms with Gasteiger partial charge in [0.15, 0.2) is 0 Å². The summed E-state index contributed by atoms with van der Waals surface area (Å²) in [7, 11) is 5.62. The molecule has 29 heavy (non-hydrogen) atoms. The zero-order valence-electron chi connectivity index (χ0n) is 17.5. The number of aryl methyl sites for hydroxylation is 2. The second-order valence-corrected chi connectivity index (χ2v) is 7.48. The maximum atomic E-state index is 12.7. The molecule has 2 aromatic carbocycles. The number of carbonyl (C=O) groups is 1. The van der Waals surface area contributed by atoms with Gasteiger partial charge in [0.05, 0.1) is 23.5 Å².